The van der Waals surface area contributed by atoms with Gasteiger partial charge in [0.25, 0.3) is 0 Å². The van der Waals surface area contributed by atoms with Gasteiger partial charge in [0, 0.05) is 35.8 Å². The molecule has 23 heavy (non-hydrogen) atoms. The van der Waals surface area contributed by atoms with Crippen LogP contribution in [0.3, 0.4) is 0 Å². The summed E-state index contributed by atoms with van der Waals surface area (Å²) in [6.45, 7) is 9.02. The first-order valence-corrected chi connectivity index (χ1v) is 8.95. The van der Waals surface area contributed by atoms with Gasteiger partial charge in [0.2, 0.25) is 0 Å². The third-order valence-electron chi connectivity index (χ3n) is 3.59. The van der Waals surface area contributed by atoms with Crippen LogP contribution in [0, 0.1) is 0 Å². The van der Waals surface area contributed by atoms with E-state index < -0.39 is 0 Å². The molecule has 0 saturated heterocycles. The minimum absolute atomic E-state index is 0.0554. The van der Waals surface area contributed by atoms with E-state index in [9.17, 15) is 0 Å². The van der Waals surface area contributed by atoms with Crippen LogP contribution in [0.1, 0.15) is 31.2 Å². The molecule has 2 aromatic rings. The zero-order valence-electron chi connectivity index (χ0n) is 14.2. The van der Waals surface area contributed by atoms with Crippen molar-refractivity contribution in [1.29, 1.82) is 0 Å². The first-order valence-electron chi connectivity index (χ1n) is 8.07. The van der Waals surface area contributed by atoms with E-state index in [0.717, 1.165) is 32.0 Å². The molecular weight excluding hydrogens is 304 g/mol. The minimum Gasteiger partial charge on any atom is -0.357 e. The van der Waals surface area contributed by atoms with Gasteiger partial charge >= 0.3 is 0 Å². The molecule has 0 bridgehead atoms. The van der Waals surface area contributed by atoms with Crippen molar-refractivity contribution < 1.29 is 0 Å². The summed E-state index contributed by atoms with van der Waals surface area (Å²) < 4.78 is 0. The highest BCUT2D eigenvalue weighted by Gasteiger charge is 2.21. The molecular formula is C18H26N4S. The Morgan fingerprint density at radius 2 is 2.13 bits per heavy atom. The first-order chi connectivity index (χ1) is 11.1. The zero-order chi connectivity index (χ0) is 16.5. The summed E-state index contributed by atoms with van der Waals surface area (Å²) in [4.78, 5) is 10.3. The molecule has 5 heteroatoms. The highest BCUT2D eigenvalue weighted by Crippen LogP contribution is 2.27. The normalized spacial score (nSPS) is 12.2. The van der Waals surface area contributed by atoms with Crippen LogP contribution in [0.25, 0.3) is 0 Å². The number of pyridine rings is 1. The van der Waals surface area contributed by atoms with Crippen LogP contribution in [0.2, 0.25) is 0 Å². The molecule has 0 aliphatic rings. The van der Waals surface area contributed by atoms with Gasteiger partial charge in [-0.05, 0) is 36.4 Å². The van der Waals surface area contributed by atoms with Gasteiger partial charge in [-0.3, -0.25) is 9.98 Å². The molecule has 4 nitrogen and oxygen atoms in total. The van der Waals surface area contributed by atoms with Crippen molar-refractivity contribution in [3.63, 3.8) is 0 Å². The molecule has 2 rings (SSSR count). The number of thiophene rings is 1. The second-order valence-electron chi connectivity index (χ2n) is 6.09. The van der Waals surface area contributed by atoms with Gasteiger partial charge in [0.1, 0.15) is 0 Å². The van der Waals surface area contributed by atoms with Gasteiger partial charge < -0.3 is 10.6 Å². The lowest BCUT2D eigenvalue weighted by Crippen LogP contribution is -2.39. The van der Waals surface area contributed by atoms with Gasteiger partial charge in [-0.2, -0.15) is 0 Å². The topological polar surface area (TPSA) is 49.3 Å². The summed E-state index contributed by atoms with van der Waals surface area (Å²) >= 11 is 1.79. The molecule has 0 aromatic carbocycles. The molecule has 2 N–H and O–H groups in total. The fourth-order valence-electron chi connectivity index (χ4n) is 2.23. The number of nitrogens with zero attached hydrogens (tertiary/aromatic N) is 2. The highest BCUT2D eigenvalue weighted by molar-refractivity contribution is 7.10. The molecule has 2 heterocycles. The Morgan fingerprint density at radius 1 is 1.26 bits per heavy atom. The van der Waals surface area contributed by atoms with Crippen molar-refractivity contribution in [3.8, 4) is 0 Å². The molecule has 0 amide bonds. The SMILES string of the molecule is CCNC(=NCC(C)(C)c1cccs1)NCCc1cccnc1. The maximum Gasteiger partial charge on any atom is 0.191 e. The Balaban J connectivity index is 1.89. The van der Waals surface area contributed by atoms with Crippen molar-refractivity contribution >= 4 is 17.3 Å². The number of aromatic nitrogens is 1. The lowest BCUT2D eigenvalue weighted by molar-refractivity contribution is 0.548. The van der Waals surface area contributed by atoms with Gasteiger partial charge in [-0.25, -0.2) is 0 Å². The van der Waals surface area contributed by atoms with Crippen LogP contribution >= 0.6 is 11.3 Å². The van der Waals surface area contributed by atoms with E-state index in [1.807, 2.05) is 12.3 Å². The molecule has 0 atom stereocenters. The van der Waals surface area contributed by atoms with E-state index in [2.05, 4.69) is 60.0 Å². The number of nitrogens with one attached hydrogen (secondary N) is 2. The summed E-state index contributed by atoms with van der Waals surface area (Å²) in [5.41, 5.74) is 1.29. The standard InChI is InChI=1S/C18H26N4S/c1-4-20-17(21-11-9-15-7-5-10-19-13-15)22-14-18(2,3)16-8-6-12-23-16/h5-8,10,12-13H,4,9,11,14H2,1-3H3,(H2,20,21,22). The summed E-state index contributed by atoms with van der Waals surface area (Å²) in [5.74, 6) is 0.876. The summed E-state index contributed by atoms with van der Waals surface area (Å²) in [6.07, 6.45) is 4.65. The third-order valence-corrected chi connectivity index (χ3v) is 4.83. The quantitative estimate of drug-likeness (QED) is 0.605. The minimum atomic E-state index is 0.0554. The van der Waals surface area contributed by atoms with Crippen molar-refractivity contribution in [1.82, 2.24) is 15.6 Å². The van der Waals surface area contributed by atoms with E-state index in [0.29, 0.717) is 0 Å². The predicted molar refractivity (Wildman–Crippen MR) is 99.3 cm³/mol. The maximum absolute atomic E-state index is 4.76. The molecule has 0 fully saturated rings. The van der Waals surface area contributed by atoms with Crippen LogP contribution in [0.15, 0.2) is 47.0 Å². The fraction of sp³-hybridized carbons (Fsp3) is 0.444. The maximum atomic E-state index is 4.76. The van der Waals surface area contributed by atoms with Gasteiger partial charge in [0.05, 0.1) is 6.54 Å². The molecule has 0 aliphatic carbocycles. The van der Waals surface area contributed by atoms with E-state index in [-0.39, 0.29) is 5.41 Å². The predicted octanol–water partition coefficient (Wildman–Crippen LogP) is 3.22. The zero-order valence-corrected chi connectivity index (χ0v) is 15.0. The Hall–Kier alpha value is -1.88. The smallest absolute Gasteiger partial charge is 0.191 e. The fourth-order valence-corrected chi connectivity index (χ4v) is 3.08. The van der Waals surface area contributed by atoms with E-state index in [1.54, 1.807) is 17.5 Å². The third kappa shape index (κ3) is 5.67. The average Bonchev–Trinajstić information content (AvgIpc) is 3.09. The molecule has 0 unspecified atom stereocenters. The Kier molecular flexibility index (Phi) is 6.59. The van der Waals surface area contributed by atoms with Crippen LogP contribution in [0.4, 0.5) is 0 Å². The Morgan fingerprint density at radius 3 is 2.78 bits per heavy atom. The van der Waals surface area contributed by atoms with Gasteiger partial charge in [0.15, 0.2) is 5.96 Å². The second kappa shape index (κ2) is 8.67. The highest BCUT2D eigenvalue weighted by atomic mass is 32.1. The lowest BCUT2D eigenvalue weighted by atomic mass is 9.92. The van der Waals surface area contributed by atoms with Crippen molar-refractivity contribution in [2.24, 2.45) is 4.99 Å². The largest absolute Gasteiger partial charge is 0.357 e. The second-order valence-corrected chi connectivity index (χ2v) is 7.04. The number of aliphatic imine (C=N–C) groups is 1. The van der Waals surface area contributed by atoms with E-state index in [4.69, 9.17) is 4.99 Å². The monoisotopic (exact) mass is 330 g/mol. The number of rotatable bonds is 7. The summed E-state index contributed by atoms with van der Waals surface area (Å²) in [7, 11) is 0. The average molecular weight is 331 g/mol. The lowest BCUT2D eigenvalue weighted by Gasteiger charge is -2.21. The Bertz CT molecular complexity index is 591. The summed E-state index contributed by atoms with van der Waals surface area (Å²) in [5, 5.41) is 8.84. The van der Waals surface area contributed by atoms with Crippen molar-refractivity contribution in [2.75, 3.05) is 19.6 Å². The number of hydrogen-bond acceptors (Lipinski definition) is 3. The molecule has 0 aliphatic heterocycles. The molecule has 0 spiro atoms. The number of guanidine groups is 1. The van der Waals surface area contributed by atoms with Crippen LogP contribution in [-0.4, -0.2) is 30.6 Å². The first kappa shape index (κ1) is 17.5. The molecule has 0 saturated carbocycles. The van der Waals surface area contributed by atoms with Crippen molar-refractivity contribution in [2.45, 2.75) is 32.6 Å². The Labute approximate surface area is 143 Å². The van der Waals surface area contributed by atoms with Crippen molar-refractivity contribution in [3.05, 3.63) is 52.5 Å². The molecule has 124 valence electrons. The number of hydrogen-bond donors (Lipinski definition) is 2. The van der Waals surface area contributed by atoms with Gasteiger partial charge in [-0.1, -0.05) is 26.0 Å². The van der Waals surface area contributed by atoms with Gasteiger partial charge in [-0.15, -0.1) is 11.3 Å². The van der Waals surface area contributed by atoms with Crippen LogP contribution < -0.4 is 10.6 Å². The molecule has 0 radical (unpaired) electrons. The van der Waals surface area contributed by atoms with E-state index in [1.165, 1.54) is 10.4 Å². The van der Waals surface area contributed by atoms with Crippen LogP contribution in [0.5, 0.6) is 0 Å². The van der Waals surface area contributed by atoms with E-state index >= 15 is 0 Å². The van der Waals surface area contributed by atoms with Crippen LogP contribution in [-0.2, 0) is 11.8 Å². The molecule has 2 aromatic heterocycles. The summed E-state index contributed by atoms with van der Waals surface area (Å²) in [6, 6.07) is 8.35.